The number of hydrogen-bond acceptors (Lipinski definition) is 1. The fourth-order valence-corrected chi connectivity index (χ4v) is 1.14. The molecule has 0 aromatic heterocycles. The first-order chi connectivity index (χ1) is 5.65. The standard InChI is InChI=1S/C10H12FO/c1-7-3-4-9(11)5-10(7)8(2)6-12/h3-5,12H,6H2,1-2H3. The zero-order valence-corrected chi connectivity index (χ0v) is 7.26. The molecule has 0 saturated carbocycles. The van der Waals surface area contributed by atoms with Gasteiger partial charge in [0.05, 0.1) is 6.61 Å². The van der Waals surface area contributed by atoms with Crippen LogP contribution in [-0.4, -0.2) is 11.7 Å². The summed E-state index contributed by atoms with van der Waals surface area (Å²) in [6, 6.07) is 4.58. The van der Waals surface area contributed by atoms with Crippen LogP contribution in [0.2, 0.25) is 0 Å². The fraction of sp³-hybridized carbons (Fsp3) is 0.300. The lowest BCUT2D eigenvalue weighted by atomic mass is 9.97. The van der Waals surface area contributed by atoms with E-state index in [1.165, 1.54) is 12.1 Å². The molecular weight excluding hydrogens is 155 g/mol. The van der Waals surface area contributed by atoms with Crippen LogP contribution in [0.3, 0.4) is 0 Å². The van der Waals surface area contributed by atoms with Gasteiger partial charge in [-0.15, -0.1) is 0 Å². The number of benzene rings is 1. The van der Waals surface area contributed by atoms with Gasteiger partial charge in [0.1, 0.15) is 5.82 Å². The van der Waals surface area contributed by atoms with E-state index in [4.69, 9.17) is 5.11 Å². The van der Waals surface area contributed by atoms with Gasteiger partial charge in [-0.25, -0.2) is 4.39 Å². The minimum Gasteiger partial charge on any atom is -0.395 e. The van der Waals surface area contributed by atoms with Crippen LogP contribution in [0.25, 0.3) is 0 Å². The third-order valence-electron chi connectivity index (χ3n) is 1.90. The van der Waals surface area contributed by atoms with Crippen molar-refractivity contribution in [3.63, 3.8) is 0 Å². The van der Waals surface area contributed by atoms with Crippen LogP contribution in [0.15, 0.2) is 18.2 Å². The van der Waals surface area contributed by atoms with E-state index in [0.717, 1.165) is 17.0 Å². The summed E-state index contributed by atoms with van der Waals surface area (Å²) in [7, 11) is 0. The van der Waals surface area contributed by atoms with Crippen molar-refractivity contribution in [2.75, 3.05) is 6.61 Å². The molecule has 1 radical (unpaired) electrons. The summed E-state index contributed by atoms with van der Waals surface area (Å²) in [4.78, 5) is 0. The zero-order chi connectivity index (χ0) is 9.14. The third-order valence-corrected chi connectivity index (χ3v) is 1.90. The first-order valence-corrected chi connectivity index (χ1v) is 3.85. The molecule has 0 fully saturated rings. The van der Waals surface area contributed by atoms with Crippen molar-refractivity contribution in [2.45, 2.75) is 13.8 Å². The molecule has 1 nitrogen and oxygen atoms in total. The summed E-state index contributed by atoms with van der Waals surface area (Å²) in [5.74, 6) is 0.537. The van der Waals surface area contributed by atoms with Gasteiger partial charge in [0.2, 0.25) is 0 Å². The Morgan fingerprint density at radius 2 is 2.17 bits per heavy atom. The van der Waals surface area contributed by atoms with Gasteiger partial charge in [-0.05, 0) is 30.2 Å². The largest absolute Gasteiger partial charge is 0.395 e. The second-order valence-corrected chi connectivity index (χ2v) is 2.90. The summed E-state index contributed by atoms with van der Waals surface area (Å²) in [6.45, 7) is 3.67. The van der Waals surface area contributed by atoms with Crippen molar-refractivity contribution in [3.8, 4) is 0 Å². The van der Waals surface area contributed by atoms with E-state index in [0.29, 0.717) is 0 Å². The second-order valence-electron chi connectivity index (χ2n) is 2.90. The van der Waals surface area contributed by atoms with E-state index < -0.39 is 0 Å². The highest BCUT2D eigenvalue weighted by molar-refractivity contribution is 5.37. The third kappa shape index (κ3) is 1.83. The predicted octanol–water partition coefficient (Wildman–Crippen LogP) is 2.07. The summed E-state index contributed by atoms with van der Waals surface area (Å²) in [6.07, 6.45) is 0. The van der Waals surface area contributed by atoms with Gasteiger partial charge in [0.25, 0.3) is 0 Å². The smallest absolute Gasteiger partial charge is 0.123 e. The molecule has 1 aromatic rings. The molecule has 0 unspecified atom stereocenters. The molecule has 2 heteroatoms. The molecule has 12 heavy (non-hydrogen) atoms. The minimum absolute atomic E-state index is 0.0235. The molecule has 0 saturated heterocycles. The molecule has 0 amide bonds. The Morgan fingerprint density at radius 3 is 2.75 bits per heavy atom. The molecule has 0 aliphatic rings. The Balaban J connectivity index is 3.04. The van der Waals surface area contributed by atoms with Crippen LogP contribution in [-0.2, 0) is 0 Å². The highest BCUT2D eigenvalue weighted by Gasteiger charge is 2.08. The molecule has 1 aromatic carbocycles. The summed E-state index contributed by atoms with van der Waals surface area (Å²) in [5, 5.41) is 8.84. The average Bonchev–Trinajstić information content (AvgIpc) is 2.08. The number of aryl methyl sites for hydroxylation is 1. The van der Waals surface area contributed by atoms with E-state index in [2.05, 4.69) is 0 Å². The first-order valence-electron chi connectivity index (χ1n) is 3.85. The van der Waals surface area contributed by atoms with Crippen molar-refractivity contribution < 1.29 is 9.50 Å². The summed E-state index contributed by atoms with van der Waals surface area (Å²) >= 11 is 0. The molecule has 0 atom stereocenters. The zero-order valence-electron chi connectivity index (χ0n) is 7.26. The monoisotopic (exact) mass is 167 g/mol. The molecule has 1 N–H and O–H groups in total. The molecule has 0 aliphatic carbocycles. The number of aliphatic hydroxyl groups is 1. The normalized spacial score (nSPS) is 10.8. The van der Waals surface area contributed by atoms with E-state index in [9.17, 15) is 4.39 Å². The maximum atomic E-state index is 12.7. The molecule has 0 spiro atoms. The number of hydrogen-bond donors (Lipinski definition) is 1. The maximum absolute atomic E-state index is 12.7. The quantitative estimate of drug-likeness (QED) is 0.714. The van der Waals surface area contributed by atoms with Gasteiger partial charge in [0.15, 0.2) is 0 Å². The van der Waals surface area contributed by atoms with Crippen LogP contribution >= 0.6 is 0 Å². The SMILES string of the molecule is C[C](CO)c1cc(F)ccc1C. The Bertz CT molecular complexity index is 271. The van der Waals surface area contributed by atoms with Gasteiger partial charge in [-0.3, -0.25) is 0 Å². The maximum Gasteiger partial charge on any atom is 0.123 e. The molecule has 1 rings (SSSR count). The molecule has 0 aliphatic heterocycles. The predicted molar refractivity (Wildman–Crippen MR) is 46.2 cm³/mol. The molecule has 0 heterocycles. The second kappa shape index (κ2) is 3.68. The fourth-order valence-electron chi connectivity index (χ4n) is 1.14. The average molecular weight is 167 g/mol. The lowest BCUT2D eigenvalue weighted by molar-refractivity contribution is 0.314. The Hall–Kier alpha value is -0.890. The van der Waals surface area contributed by atoms with Crippen LogP contribution in [0, 0.1) is 18.7 Å². The Morgan fingerprint density at radius 1 is 1.50 bits per heavy atom. The number of aliphatic hydroxyl groups excluding tert-OH is 1. The lowest BCUT2D eigenvalue weighted by Gasteiger charge is -2.10. The van der Waals surface area contributed by atoms with Crippen LogP contribution < -0.4 is 0 Å². The highest BCUT2D eigenvalue weighted by atomic mass is 19.1. The molecule has 0 bridgehead atoms. The van der Waals surface area contributed by atoms with E-state index in [-0.39, 0.29) is 12.4 Å². The van der Waals surface area contributed by atoms with Gasteiger partial charge in [0, 0.05) is 5.92 Å². The van der Waals surface area contributed by atoms with Crippen LogP contribution in [0.5, 0.6) is 0 Å². The van der Waals surface area contributed by atoms with Gasteiger partial charge in [-0.1, -0.05) is 13.0 Å². The summed E-state index contributed by atoms with van der Waals surface area (Å²) in [5.41, 5.74) is 1.79. The van der Waals surface area contributed by atoms with Crippen molar-refractivity contribution >= 4 is 0 Å². The lowest BCUT2D eigenvalue weighted by Crippen LogP contribution is -2.02. The summed E-state index contributed by atoms with van der Waals surface area (Å²) < 4.78 is 12.7. The van der Waals surface area contributed by atoms with Crippen molar-refractivity contribution in [3.05, 3.63) is 41.1 Å². The van der Waals surface area contributed by atoms with Crippen LogP contribution in [0.1, 0.15) is 18.1 Å². The van der Waals surface area contributed by atoms with Crippen molar-refractivity contribution in [2.24, 2.45) is 0 Å². The first kappa shape index (κ1) is 9.20. The van der Waals surface area contributed by atoms with Gasteiger partial charge in [-0.2, -0.15) is 0 Å². The highest BCUT2D eigenvalue weighted by Crippen LogP contribution is 2.18. The molecule has 65 valence electrons. The Labute approximate surface area is 71.9 Å². The van der Waals surface area contributed by atoms with E-state index >= 15 is 0 Å². The topological polar surface area (TPSA) is 20.2 Å². The van der Waals surface area contributed by atoms with E-state index in [1.807, 2.05) is 6.92 Å². The van der Waals surface area contributed by atoms with E-state index in [1.54, 1.807) is 13.0 Å². The van der Waals surface area contributed by atoms with Crippen molar-refractivity contribution in [1.29, 1.82) is 0 Å². The van der Waals surface area contributed by atoms with Crippen molar-refractivity contribution in [1.82, 2.24) is 0 Å². The van der Waals surface area contributed by atoms with Gasteiger partial charge >= 0.3 is 0 Å². The van der Waals surface area contributed by atoms with Crippen LogP contribution in [0.4, 0.5) is 4.39 Å². The van der Waals surface area contributed by atoms with Gasteiger partial charge < -0.3 is 5.11 Å². The molecular formula is C10H12FO. The number of halogens is 1. The Kier molecular flexibility index (Phi) is 2.82. The number of rotatable bonds is 2. The minimum atomic E-state index is -0.261.